The molecule has 0 amide bonds. The van der Waals surface area contributed by atoms with Gasteiger partial charge in [0.25, 0.3) is 0 Å². The molecule has 0 aliphatic heterocycles. The van der Waals surface area contributed by atoms with E-state index in [0.29, 0.717) is 27.0 Å². The van der Waals surface area contributed by atoms with Gasteiger partial charge in [-0.1, -0.05) is 35.0 Å². The van der Waals surface area contributed by atoms with E-state index < -0.39 is 0 Å². The van der Waals surface area contributed by atoms with Crippen molar-refractivity contribution in [1.29, 1.82) is 0 Å². The van der Waals surface area contributed by atoms with Crippen LogP contribution in [-0.2, 0) is 0 Å². The maximum atomic E-state index is 5.88. The van der Waals surface area contributed by atoms with Gasteiger partial charge >= 0.3 is 0 Å². The van der Waals surface area contributed by atoms with Crippen LogP contribution in [-0.4, -0.2) is 5.75 Å². The fraction of sp³-hybridized carbons (Fsp3) is 0.111. The molecule has 0 radical (unpaired) electrons. The molecular formula is C9H7Cl2NS. The van der Waals surface area contributed by atoms with E-state index in [4.69, 9.17) is 28.9 Å². The minimum atomic E-state index is 0.469. The van der Waals surface area contributed by atoms with Crippen molar-refractivity contribution in [3.63, 3.8) is 0 Å². The fourth-order valence-corrected chi connectivity index (χ4v) is 1.52. The smallest absolute Gasteiger partial charge is 0.0619 e. The van der Waals surface area contributed by atoms with Gasteiger partial charge < -0.3 is 5.73 Å². The first-order chi connectivity index (χ1) is 6.15. The SMILES string of the molecule is Nc1cc(Cl)c(C#CCS)c(Cl)c1. The van der Waals surface area contributed by atoms with Gasteiger partial charge in [-0.15, -0.1) is 0 Å². The molecule has 1 aromatic rings. The normalized spacial score (nSPS) is 9.15. The summed E-state index contributed by atoms with van der Waals surface area (Å²) in [5.41, 5.74) is 6.66. The second-order valence-corrected chi connectivity index (χ2v) is 3.45. The monoisotopic (exact) mass is 231 g/mol. The van der Waals surface area contributed by atoms with Crippen molar-refractivity contribution < 1.29 is 0 Å². The molecule has 2 N–H and O–H groups in total. The van der Waals surface area contributed by atoms with Gasteiger partial charge in [0.2, 0.25) is 0 Å². The van der Waals surface area contributed by atoms with E-state index in [0.717, 1.165) is 0 Å². The van der Waals surface area contributed by atoms with E-state index in [-0.39, 0.29) is 0 Å². The minimum absolute atomic E-state index is 0.469. The van der Waals surface area contributed by atoms with Crippen LogP contribution in [0.3, 0.4) is 0 Å². The summed E-state index contributed by atoms with van der Waals surface area (Å²) in [6.45, 7) is 0. The summed E-state index contributed by atoms with van der Waals surface area (Å²) in [4.78, 5) is 0. The Labute approximate surface area is 92.6 Å². The standard InChI is InChI=1S/C9H7Cl2NS/c10-8-4-6(12)5-9(11)7(8)2-1-3-13/h4-5,13H,3,12H2. The maximum Gasteiger partial charge on any atom is 0.0619 e. The number of hydrogen-bond acceptors (Lipinski definition) is 2. The number of nitrogen functional groups attached to an aromatic ring is 1. The molecule has 1 aromatic carbocycles. The Balaban J connectivity index is 3.21. The highest BCUT2D eigenvalue weighted by molar-refractivity contribution is 7.80. The quantitative estimate of drug-likeness (QED) is 0.401. The van der Waals surface area contributed by atoms with Crippen LogP contribution in [0.5, 0.6) is 0 Å². The van der Waals surface area contributed by atoms with Crippen molar-refractivity contribution in [2.45, 2.75) is 0 Å². The highest BCUT2D eigenvalue weighted by Crippen LogP contribution is 2.26. The molecule has 0 aliphatic rings. The third-order valence-electron chi connectivity index (χ3n) is 1.36. The van der Waals surface area contributed by atoms with Crippen LogP contribution in [0.25, 0.3) is 0 Å². The van der Waals surface area contributed by atoms with Crippen molar-refractivity contribution in [2.24, 2.45) is 0 Å². The van der Waals surface area contributed by atoms with Crippen LogP contribution in [0.2, 0.25) is 10.0 Å². The van der Waals surface area contributed by atoms with Crippen LogP contribution in [0.4, 0.5) is 5.69 Å². The molecule has 0 saturated heterocycles. The first-order valence-corrected chi connectivity index (χ1v) is 4.88. The predicted octanol–water partition coefficient (Wildman–Crippen LogP) is 2.86. The van der Waals surface area contributed by atoms with Crippen LogP contribution < -0.4 is 5.73 Å². The lowest BCUT2D eigenvalue weighted by atomic mass is 10.2. The van der Waals surface area contributed by atoms with E-state index in [1.807, 2.05) is 0 Å². The van der Waals surface area contributed by atoms with Crippen molar-refractivity contribution in [3.05, 3.63) is 27.7 Å². The third kappa shape index (κ3) is 2.73. The van der Waals surface area contributed by atoms with Gasteiger partial charge in [-0.25, -0.2) is 0 Å². The number of halogens is 2. The molecule has 0 aromatic heterocycles. The minimum Gasteiger partial charge on any atom is -0.399 e. The fourth-order valence-electron chi connectivity index (χ4n) is 0.840. The molecule has 0 bridgehead atoms. The number of thiol groups is 1. The second-order valence-electron chi connectivity index (χ2n) is 2.32. The molecule has 0 atom stereocenters. The lowest BCUT2D eigenvalue weighted by molar-refractivity contribution is 1.62. The molecule has 1 nitrogen and oxygen atoms in total. The maximum absolute atomic E-state index is 5.88. The number of rotatable bonds is 0. The molecule has 0 fully saturated rings. The Bertz CT molecular complexity index is 356. The Morgan fingerprint density at radius 1 is 1.31 bits per heavy atom. The summed E-state index contributed by atoms with van der Waals surface area (Å²) < 4.78 is 0. The van der Waals surface area contributed by atoms with Crippen molar-refractivity contribution in [3.8, 4) is 11.8 Å². The molecule has 0 aliphatic carbocycles. The Morgan fingerprint density at radius 2 is 1.85 bits per heavy atom. The molecule has 1 rings (SSSR count). The molecule has 13 heavy (non-hydrogen) atoms. The Kier molecular flexibility index (Phi) is 3.80. The van der Waals surface area contributed by atoms with Crippen LogP contribution >= 0.6 is 35.8 Å². The Hall–Kier alpha value is -0.490. The molecule has 4 heteroatoms. The molecule has 0 unspecified atom stereocenters. The predicted molar refractivity (Wildman–Crippen MR) is 61.6 cm³/mol. The first-order valence-electron chi connectivity index (χ1n) is 3.49. The lowest BCUT2D eigenvalue weighted by Gasteiger charge is -2.00. The first kappa shape index (κ1) is 10.6. The van der Waals surface area contributed by atoms with Crippen LogP contribution in [0.1, 0.15) is 5.56 Å². The van der Waals surface area contributed by atoms with Gasteiger partial charge in [0.15, 0.2) is 0 Å². The average Bonchev–Trinajstić information content (AvgIpc) is 2.02. The zero-order chi connectivity index (χ0) is 9.84. The molecule has 0 saturated carbocycles. The van der Waals surface area contributed by atoms with Crippen molar-refractivity contribution >= 4 is 41.5 Å². The molecule has 0 spiro atoms. The second kappa shape index (κ2) is 4.66. The lowest BCUT2D eigenvalue weighted by Crippen LogP contribution is -1.87. The van der Waals surface area contributed by atoms with Crippen LogP contribution in [0.15, 0.2) is 12.1 Å². The zero-order valence-electron chi connectivity index (χ0n) is 6.64. The van der Waals surface area contributed by atoms with Crippen molar-refractivity contribution in [2.75, 3.05) is 11.5 Å². The summed E-state index contributed by atoms with van der Waals surface area (Å²) in [5, 5.41) is 0.943. The molecular weight excluding hydrogens is 225 g/mol. The number of nitrogens with two attached hydrogens (primary N) is 1. The van der Waals surface area contributed by atoms with E-state index in [9.17, 15) is 0 Å². The third-order valence-corrected chi connectivity index (χ3v) is 2.11. The average molecular weight is 232 g/mol. The number of anilines is 1. The summed E-state index contributed by atoms with van der Waals surface area (Å²) >= 11 is 15.7. The van der Waals surface area contributed by atoms with E-state index in [1.54, 1.807) is 12.1 Å². The van der Waals surface area contributed by atoms with Gasteiger partial charge in [0.1, 0.15) is 0 Å². The summed E-state index contributed by atoms with van der Waals surface area (Å²) in [6, 6.07) is 3.24. The van der Waals surface area contributed by atoms with E-state index >= 15 is 0 Å². The van der Waals surface area contributed by atoms with E-state index in [1.165, 1.54) is 0 Å². The largest absolute Gasteiger partial charge is 0.399 e. The summed E-state index contributed by atoms with van der Waals surface area (Å²) in [5.74, 6) is 6.05. The summed E-state index contributed by atoms with van der Waals surface area (Å²) in [7, 11) is 0. The molecule has 0 heterocycles. The van der Waals surface area contributed by atoms with E-state index in [2.05, 4.69) is 24.5 Å². The highest BCUT2D eigenvalue weighted by atomic mass is 35.5. The highest BCUT2D eigenvalue weighted by Gasteiger charge is 2.03. The van der Waals surface area contributed by atoms with Gasteiger partial charge in [-0.3, -0.25) is 0 Å². The topological polar surface area (TPSA) is 26.0 Å². The number of benzene rings is 1. The van der Waals surface area contributed by atoms with Gasteiger partial charge in [0.05, 0.1) is 21.4 Å². The van der Waals surface area contributed by atoms with Crippen molar-refractivity contribution in [1.82, 2.24) is 0 Å². The van der Waals surface area contributed by atoms with Gasteiger partial charge in [-0.05, 0) is 12.1 Å². The van der Waals surface area contributed by atoms with Crippen LogP contribution in [0, 0.1) is 11.8 Å². The van der Waals surface area contributed by atoms with Gasteiger partial charge in [-0.2, -0.15) is 12.6 Å². The number of hydrogen-bond donors (Lipinski definition) is 2. The molecule has 68 valence electrons. The Morgan fingerprint density at radius 3 is 2.31 bits per heavy atom. The van der Waals surface area contributed by atoms with Gasteiger partial charge in [0, 0.05) is 5.69 Å². The zero-order valence-corrected chi connectivity index (χ0v) is 9.05. The summed E-state index contributed by atoms with van der Waals surface area (Å²) in [6.07, 6.45) is 0.